The van der Waals surface area contributed by atoms with Crippen molar-refractivity contribution >= 4 is 17.7 Å². The third kappa shape index (κ3) is 3.71. The van der Waals surface area contributed by atoms with Crippen molar-refractivity contribution in [3.63, 3.8) is 0 Å². The van der Waals surface area contributed by atoms with Crippen LogP contribution in [0.25, 0.3) is 23.0 Å². The number of benzene rings is 1. The van der Waals surface area contributed by atoms with Crippen LogP contribution in [-0.2, 0) is 4.79 Å². The number of carbonyl (C=O) groups is 1. The molecule has 5 nitrogen and oxygen atoms in total. The van der Waals surface area contributed by atoms with Crippen LogP contribution in [0.5, 0.6) is 5.75 Å². The summed E-state index contributed by atoms with van der Waals surface area (Å²) >= 11 is 0. The van der Waals surface area contributed by atoms with Gasteiger partial charge in [0.2, 0.25) is 0 Å². The minimum Gasteiger partial charge on any atom is -0.494 e. The number of hydrogen-bond donors (Lipinski definition) is 1. The summed E-state index contributed by atoms with van der Waals surface area (Å²) < 4.78 is 7.50. The molecule has 0 amide bonds. The maximum Gasteiger partial charge on any atom is 0.328 e. The molecular weight excluding hydrogens is 316 g/mol. The van der Waals surface area contributed by atoms with Gasteiger partial charge >= 0.3 is 5.97 Å². The van der Waals surface area contributed by atoms with Gasteiger partial charge in [-0.3, -0.25) is 4.40 Å². The molecule has 0 aliphatic carbocycles. The summed E-state index contributed by atoms with van der Waals surface area (Å²) in [7, 11) is 0. The van der Waals surface area contributed by atoms with E-state index >= 15 is 0 Å². The minimum absolute atomic E-state index is 0.680. The average molecular weight is 336 g/mol. The number of nitrogens with zero attached hydrogens (tertiary/aromatic N) is 2. The van der Waals surface area contributed by atoms with Crippen LogP contribution in [0.2, 0.25) is 0 Å². The van der Waals surface area contributed by atoms with Gasteiger partial charge in [-0.05, 0) is 61.4 Å². The van der Waals surface area contributed by atoms with Crippen molar-refractivity contribution in [3.05, 3.63) is 59.9 Å². The molecule has 0 aliphatic heterocycles. The molecule has 3 aromatic rings. The maximum absolute atomic E-state index is 10.9. The Bertz CT molecular complexity index is 924. The van der Waals surface area contributed by atoms with Gasteiger partial charge < -0.3 is 9.84 Å². The molecule has 3 rings (SSSR count). The van der Waals surface area contributed by atoms with Gasteiger partial charge in [0.1, 0.15) is 11.4 Å². The lowest BCUT2D eigenvalue weighted by atomic mass is 10.1. The summed E-state index contributed by atoms with van der Waals surface area (Å²) in [5.41, 5.74) is 4.27. The molecule has 0 bridgehead atoms. The third-order valence-electron chi connectivity index (χ3n) is 3.80. The van der Waals surface area contributed by atoms with Crippen LogP contribution in [-0.4, -0.2) is 27.1 Å². The molecule has 128 valence electrons. The first-order valence-corrected chi connectivity index (χ1v) is 8.21. The fourth-order valence-corrected chi connectivity index (χ4v) is 2.62. The van der Waals surface area contributed by atoms with Gasteiger partial charge in [-0.25, -0.2) is 9.78 Å². The lowest BCUT2D eigenvalue weighted by Gasteiger charge is -2.05. The number of pyridine rings is 1. The summed E-state index contributed by atoms with van der Waals surface area (Å²) in [6.07, 6.45) is 5.57. The van der Waals surface area contributed by atoms with Crippen LogP contribution in [0, 0.1) is 6.92 Å². The Hall–Kier alpha value is -3.08. The predicted molar refractivity (Wildman–Crippen MR) is 97.8 cm³/mol. The summed E-state index contributed by atoms with van der Waals surface area (Å²) in [4.78, 5) is 15.6. The van der Waals surface area contributed by atoms with Crippen LogP contribution >= 0.6 is 0 Å². The summed E-state index contributed by atoms with van der Waals surface area (Å²) in [6.45, 7) is 4.74. The van der Waals surface area contributed by atoms with Gasteiger partial charge in [0.05, 0.1) is 18.0 Å². The number of imidazole rings is 1. The normalized spacial score (nSPS) is 11.3. The number of fused-ring (bicyclic) bond motifs is 1. The van der Waals surface area contributed by atoms with E-state index < -0.39 is 5.97 Å². The topological polar surface area (TPSA) is 63.8 Å². The fourth-order valence-electron chi connectivity index (χ4n) is 2.62. The Labute approximate surface area is 146 Å². The number of aryl methyl sites for hydroxylation is 1. The molecule has 2 aromatic heterocycles. The summed E-state index contributed by atoms with van der Waals surface area (Å²) in [6, 6.07) is 11.6. The quantitative estimate of drug-likeness (QED) is 0.685. The van der Waals surface area contributed by atoms with E-state index in [0.29, 0.717) is 6.61 Å². The van der Waals surface area contributed by atoms with Crippen molar-refractivity contribution in [1.82, 2.24) is 9.38 Å². The molecule has 0 radical (unpaired) electrons. The Morgan fingerprint density at radius 1 is 1.28 bits per heavy atom. The van der Waals surface area contributed by atoms with E-state index in [9.17, 15) is 4.79 Å². The van der Waals surface area contributed by atoms with Crippen molar-refractivity contribution in [2.45, 2.75) is 20.3 Å². The second-order valence-electron chi connectivity index (χ2n) is 5.82. The van der Waals surface area contributed by atoms with Crippen molar-refractivity contribution in [1.29, 1.82) is 0 Å². The highest BCUT2D eigenvalue weighted by atomic mass is 16.5. The fraction of sp³-hybridized carbons (Fsp3) is 0.200. The Kier molecular flexibility index (Phi) is 4.84. The molecule has 0 saturated heterocycles. The summed E-state index contributed by atoms with van der Waals surface area (Å²) in [5, 5.41) is 8.98. The Morgan fingerprint density at radius 3 is 2.72 bits per heavy atom. The lowest BCUT2D eigenvalue weighted by Crippen LogP contribution is -1.94. The Morgan fingerprint density at radius 2 is 2.04 bits per heavy atom. The number of carboxylic acid groups (broad SMARTS) is 1. The van der Waals surface area contributed by atoms with Crippen LogP contribution in [0.1, 0.15) is 24.6 Å². The standard InChI is InChI=1S/C20H20N2O3/c1-3-12-25-16-6-4-15(5-7-16)20-17(8-9-19(23)24)22-11-10-14(2)13-18(22)21-20/h4-11,13H,3,12H2,1-2H3,(H,23,24)/b9-8+. The molecule has 2 heterocycles. The van der Waals surface area contributed by atoms with Gasteiger partial charge in [-0.2, -0.15) is 0 Å². The molecule has 0 spiro atoms. The zero-order valence-electron chi connectivity index (χ0n) is 14.3. The minimum atomic E-state index is -0.990. The zero-order chi connectivity index (χ0) is 17.8. The largest absolute Gasteiger partial charge is 0.494 e. The van der Waals surface area contributed by atoms with Crippen LogP contribution in [0.4, 0.5) is 0 Å². The Balaban J connectivity index is 2.07. The maximum atomic E-state index is 10.9. The molecule has 0 atom stereocenters. The van der Waals surface area contributed by atoms with Gasteiger partial charge in [0, 0.05) is 17.8 Å². The van der Waals surface area contributed by atoms with Crippen molar-refractivity contribution in [2.24, 2.45) is 0 Å². The smallest absolute Gasteiger partial charge is 0.328 e. The number of aromatic nitrogens is 2. The first kappa shape index (κ1) is 16.8. The number of aliphatic carboxylic acids is 1. The second kappa shape index (κ2) is 7.21. The molecule has 0 aliphatic rings. The molecular formula is C20H20N2O3. The van der Waals surface area contributed by atoms with Crippen LogP contribution in [0.15, 0.2) is 48.7 Å². The van der Waals surface area contributed by atoms with Gasteiger partial charge in [-0.1, -0.05) is 6.92 Å². The SMILES string of the molecule is CCCOc1ccc(-c2nc3cc(C)ccn3c2/C=C/C(=O)O)cc1. The highest BCUT2D eigenvalue weighted by molar-refractivity contribution is 5.87. The van der Waals surface area contributed by atoms with Gasteiger partial charge in [0.25, 0.3) is 0 Å². The van der Waals surface area contributed by atoms with E-state index in [1.807, 2.05) is 53.9 Å². The highest BCUT2D eigenvalue weighted by Crippen LogP contribution is 2.27. The van der Waals surface area contributed by atoms with Crippen molar-refractivity contribution in [2.75, 3.05) is 6.61 Å². The highest BCUT2D eigenvalue weighted by Gasteiger charge is 2.12. The van der Waals surface area contributed by atoms with Gasteiger partial charge in [-0.15, -0.1) is 0 Å². The van der Waals surface area contributed by atoms with Gasteiger partial charge in [0.15, 0.2) is 0 Å². The number of carboxylic acids is 1. The van der Waals surface area contributed by atoms with E-state index in [1.54, 1.807) is 6.08 Å². The molecule has 5 heteroatoms. The molecule has 0 unspecified atom stereocenters. The molecule has 0 fully saturated rings. The molecule has 25 heavy (non-hydrogen) atoms. The van der Waals surface area contributed by atoms with Crippen molar-refractivity contribution < 1.29 is 14.6 Å². The number of rotatable bonds is 6. The van der Waals surface area contributed by atoms with Crippen LogP contribution < -0.4 is 4.74 Å². The second-order valence-corrected chi connectivity index (χ2v) is 5.82. The predicted octanol–water partition coefficient (Wildman–Crippen LogP) is 4.20. The van der Waals surface area contributed by atoms with E-state index in [2.05, 4.69) is 6.92 Å². The van der Waals surface area contributed by atoms with Crippen LogP contribution in [0.3, 0.4) is 0 Å². The first-order chi connectivity index (χ1) is 12.1. The molecule has 1 aromatic carbocycles. The summed E-state index contributed by atoms with van der Waals surface area (Å²) in [5.74, 6) is -0.177. The zero-order valence-corrected chi connectivity index (χ0v) is 14.3. The van der Waals surface area contributed by atoms with Crippen molar-refractivity contribution in [3.8, 4) is 17.0 Å². The monoisotopic (exact) mass is 336 g/mol. The molecule has 0 saturated carbocycles. The third-order valence-corrected chi connectivity index (χ3v) is 3.80. The van der Waals surface area contributed by atoms with E-state index in [4.69, 9.17) is 14.8 Å². The van der Waals surface area contributed by atoms with E-state index in [1.165, 1.54) is 0 Å². The average Bonchev–Trinajstić information content (AvgIpc) is 2.96. The first-order valence-electron chi connectivity index (χ1n) is 8.21. The van der Waals surface area contributed by atoms with E-state index in [-0.39, 0.29) is 0 Å². The van der Waals surface area contributed by atoms with E-state index in [0.717, 1.165) is 46.4 Å². The lowest BCUT2D eigenvalue weighted by molar-refractivity contribution is -0.131. The molecule has 1 N–H and O–H groups in total. The number of hydrogen-bond acceptors (Lipinski definition) is 3. The number of ether oxygens (including phenoxy) is 1.